The van der Waals surface area contributed by atoms with Crippen LogP contribution < -0.4 is 5.73 Å². The molecule has 90 valence electrons. The number of rotatable bonds is 1. The Hall–Kier alpha value is -1.91. The fourth-order valence-corrected chi connectivity index (χ4v) is 1.80. The molecule has 5 heteroatoms. The first-order valence-electron chi connectivity index (χ1n) is 5.29. The van der Waals surface area contributed by atoms with Gasteiger partial charge in [0.25, 0.3) is 0 Å². The molecule has 2 rings (SSSR count). The van der Waals surface area contributed by atoms with E-state index in [9.17, 15) is 9.18 Å². The first-order chi connectivity index (χ1) is 7.92. The topological polar surface area (TPSA) is 58.7 Å². The maximum atomic E-state index is 13.1. The largest absolute Gasteiger partial charge is 0.396 e. The van der Waals surface area contributed by atoms with Crippen LogP contribution in [0.5, 0.6) is 0 Å². The van der Waals surface area contributed by atoms with Crippen molar-refractivity contribution >= 4 is 17.9 Å². The summed E-state index contributed by atoms with van der Waals surface area (Å²) in [6.45, 7) is 1.83. The van der Waals surface area contributed by atoms with Crippen molar-refractivity contribution in [3.05, 3.63) is 29.6 Å². The second-order valence-electron chi connectivity index (χ2n) is 4.44. The number of halogens is 1. The van der Waals surface area contributed by atoms with Crippen molar-refractivity contribution in [1.82, 2.24) is 4.90 Å². The lowest BCUT2D eigenvalue weighted by Gasteiger charge is -2.31. The summed E-state index contributed by atoms with van der Waals surface area (Å²) in [7, 11) is 1.66. The molecule has 0 bridgehead atoms. The van der Waals surface area contributed by atoms with Gasteiger partial charge in [-0.2, -0.15) is 0 Å². The molecule has 1 aromatic carbocycles. The molecule has 0 saturated heterocycles. The zero-order valence-corrected chi connectivity index (χ0v) is 9.77. The third-order valence-corrected chi connectivity index (χ3v) is 3.02. The van der Waals surface area contributed by atoms with Crippen LogP contribution in [0.4, 0.5) is 10.1 Å². The molecule has 0 fully saturated rings. The van der Waals surface area contributed by atoms with Crippen LogP contribution in [0.1, 0.15) is 18.9 Å². The Morgan fingerprint density at radius 2 is 2.24 bits per heavy atom. The molecule has 0 spiro atoms. The van der Waals surface area contributed by atoms with Crippen molar-refractivity contribution < 1.29 is 9.18 Å². The third-order valence-electron chi connectivity index (χ3n) is 3.02. The second-order valence-corrected chi connectivity index (χ2v) is 4.44. The highest BCUT2D eigenvalue weighted by Gasteiger charge is 2.33. The molecular formula is C12H14FN3O. The van der Waals surface area contributed by atoms with E-state index in [-0.39, 0.29) is 18.0 Å². The molecule has 1 aliphatic rings. The smallest absolute Gasteiger partial charge is 0.230 e. The SMILES string of the molecule is CN1C=N[C@](C)(c2ccc(F)c(N)c2)CC1=O. The molecule has 1 atom stereocenters. The number of nitrogens with zero attached hydrogens (tertiary/aromatic N) is 2. The van der Waals surface area contributed by atoms with Gasteiger partial charge in [0.05, 0.1) is 24.0 Å². The Bertz CT molecular complexity index is 501. The van der Waals surface area contributed by atoms with Crippen LogP contribution in [0.25, 0.3) is 0 Å². The Balaban J connectivity index is 2.42. The Kier molecular flexibility index (Phi) is 2.61. The Labute approximate surface area is 98.9 Å². The minimum atomic E-state index is -0.661. The lowest BCUT2D eigenvalue weighted by atomic mass is 9.87. The molecule has 0 unspecified atom stereocenters. The van der Waals surface area contributed by atoms with Crippen LogP contribution in [-0.2, 0) is 10.3 Å². The van der Waals surface area contributed by atoms with Gasteiger partial charge in [0, 0.05) is 7.05 Å². The number of benzene rings is 1. The quantitative estimate of drug-likeness (QED) is 0.750. The van der Waals surface area contributed by atoms with E-state index in [1.165, 1.54) is 23.4 Å². The van der Waals surface area contributed by atoms with Gasteiger partial charge in [0.1, 0.15) is 5.82 Å². The fourth-order valence-electron chi connectivity index (χ4n) is 1.80. The molecule has 4 nitrogen and oxygen atoms in total. The summed E-state index contributed by atoms with van der Waals surface area (Å²) in [6, 6.07) is 4.45. The molecule has 0 saturated carbocycles. The summed E-state index contributed by atoms with van der Waals surface area (Å²) in [6.07, 6.45) is 1.75. The number of aliphatic imine (C=N–C) groups is 1. The number of nitrogen functional groups attached to an aromatic ring is 1. The molecule has 1 heterocycles. The van der Waals surface area contributed by atoms with Crippen molar-refractivity contribution in [2.75, 3.05) is 12.8 Å². The molecular weight excluding hydrogens is 221 g/mol. The van der Waals surface area contributed by atoms with E-state index < -0.39 is 11.4 Å². The van der Waals surface area contributed by atoms with Gasteiger partial charge >= 0.3 is 0 Å². The minimum absolute atomic E-state index is 0.0228. The molecule has 0 aromatic heterocycles. The molecule has 0 radical (unpaired) electrons. The molecule has 1 aliphatic heterocycles. The van der Waals surface area contributed by atoms with Crippen molar-refractivity contribution in [3.63, 3.8) is 0 Å². The second kappa shape index (κ2) is 3.84. The van der Waals surface area contributed by atoms with Crippen LogP contribution in [0, 0.1) is 5.82 Å². The number of amides is 1. The van der Waals surface area contributed by atoms with Gasteiger partial charge in [-0.25, -0.2) is 4.39 Å². The van der Waals surface area contributed by atoms with E-state index in [4.69, 9.17) is 5.73 Å². The Morgan fingerprint density at radius 1 is 1.53 bits per heavy atom. The predicted octanol–water partition coefficient (Wildman–Crippen LogP) is 1.51. The van der Waals surface area contributed by atoms with E-state index in [2.05, 4.69) is 4.99 Å². The molecule has 17 heavy (non-hydrogen) atoms. The molecule has 2 N–H and O–H groups in total. The summed E-state index contributed by atoms with van der Waals surface area (Å²) in [5.41, 5.74) is 5.68. The number of hydrogen-bond acceptors (Lipinski definition) is 3. The van der Waals surface area contributed by atoms with Crippen LogP contribution in [0.15, 0.2) is 23.2 Å². The van der Waals surface area contributed by atoms with Crippen LogP contribution in [0.3, 0.4) is 0 Å². The maximum Gasteiger partial charge on any atom is 0.230 e. The van der Waals surface area contributed by atoms with E-state index in [0.717, 1.165) is 5.56 Å². The van der Waals surface area contributed by atoms with Crippen LogP contribution >= 0.6 is 0 Å². The van der Waals surface area contributed by atoms with Crippen LogP contribution in [-0.4, -0.2) is 24.2 Å². The van der Waals surface area contributed by atoms with Gasteiger partial charge in [-0.3, -0.25) is 9.79 Å². The highest BCUT2D eigenvalue weighted by Crippen LogP contribution is 2.33. The number of nitrogens with two attached hydrogens (primary N) is 1. The minimum Gasteiger partial charge on any atom is -0.396 e. The zero-order valence-electron chi connectivity index (χ0n) is 9.77. The van der Waals surface area contributed by atoms with Gasteiger partial charge in [-0.05, 0) is 24.6 Å². The first-order valence-corrected chi connectivity index (χ1v) is 5.29. The predicted molar refractivity (Wildman–Crippen MR) is 64.0 cm³/mol. The number of hydrogen-bond donors (Lipinski definition) is 1. The Morgan fingerprint density at radius 3 is 2.82 bits per heavy atom. The van der Waals surface area contributed by atoms with E-state index in [0.29, 0.717) is 0 Å². The van der Waals surface area contributed by atoms with Gasteiger partial charge in [0.2, 0.25) is 5.91 Å². The number of anilines is 1. The van der Waals surface area contributed by atoms with Gasteiger partial charge < -0.3 is 10.6 Å². The normalized spacial score (nSPS) is 24.2. The summed E-state index contributed by atoms with van der Waals surface area (Å²) in [4.78, 5) is 17.4. The van der Waals surface area contributed by atoms with Crippen molar-refractivity contribution in [1.29, 1.82) is 0 Å². The van der Waals surface area contributed by atoms with Gasteiger partial charge in [0.15, 0.2) is 0 Å². The molecule has 1 aromatic rings. The lowest BCUT2D eigenvalue weighted by molar-refractivity contribution is -0.128. The zero-order chi connectivity index (χ0) is 12.6. The summed E-state index contributed by atoms with van der Waals surface area (Å²) in [5, 5.41) is 0. The highest BCUT2D eigenvalue weighted by molar-refractivity contribution is 5.90. The van der Waals surface area contributed by atoms with Crippen molar-refractivity contribution in [2.24, 2.45) is 4.99 Å². The van der Waals surface area contributed by atoms with Crippen LogP contribution in [0.2, 0.25) is 0 Å². The average Bonchev–Trinajstić information content (AvgIpc) is 2.28. The summed E-state index contributed by atoms with van der Waals surface area (Å²) < 4.78 is 13.1. The number of carbonyl (C=O) groups is 1. The highest BCUT2D eigenvalue weighted by atomic mass is 19.1. The van der Waals surface area contributed by atoms with Gasteiger partial charge in [-0.15, -0.1) is 0 Å². The summed E-state index contributed by atoms with van der Waals surface area (Å²) >= 11 is 0. The van der Waals surface area contributed by atoms with Gasteiger partial charge in [-0.1, -0.05) is 6.07 Å². The monoisotopic (exact) mass is 235 g/mol. The molecule has 1 amide bonds. The maximum absolute atomic E-state index is 13.1. The van der Waals surface area contributed by atoms with Crippen molar-refractivity contribution in [3.8, 4) is 0 Å². The lowest BCUT2D eigenvalue weighted by Crippen LogP contribution is -2.38. The number of carbonyl (C=O) groups excluding carboxylic acids is 1. The third kappa shape index (κ3) is 2.00. The molecule has 0 aliphatic carbocycles. The van der Waals surface area contributed by atoms with E-state index in [1.807, 2.05) is 6.92 Å². The fraction of sp³-hybridized carbons (Fsp3) is 0.333. The van der Waals surface area contributed by atoms with E-state index in [1.54, 1.807) is 13.1 Å². The standard InChI is InChI=1S/C12H14FN3O/c1-12(6-11(17)16(2)7-15-12)8-3-4-9(13)10(14)5-8/h3-5,7H,6,14H2,1-2H3/t12-/m0/s1. The summed E-state index contributed by atoms with van der Waals surface area (Å²) in [5.74, 6) is -0.481. The first kappa shape index (κ1) is 11.6. The van der Waals surface area contributed by atoms with E-state index >= 15 is 0 Å². The average molecular weight is 235 g/mol. The van der Waals surface area contributed by atoms with Crippen molar-refractivity contribution in [2.45, 2.75) is 18.9 Å².